The minimum Gasteiger partial charge on any atom is -0.330 e. The van der Waals surface area contributed by atoms with Crippen molar-refractivity contribution in [3.63, 3.8) is 0 Å². The molecule has 0 spiro atoms. The molecule has 0 heterocycles. The third-order valence-electron chi connectivity index (χ3n) is 3.32. The average molecular weight is 409 g/mol. The van der Waals surface area contributed by atoms with E-state index >= 15 is 0 Å². The Labute approximate surface area is 182 Å². The van der Waals surface area contributed by atoms with E-state index in [1.54, 1.807) is 0 Å². The maximum atomic E-state index is 5.16. The predicted octanol–water partition coefficient (Wildman–Crippen LogP) is 6.59. The van der Waals surface area contributed by atoms with Gasteiger partial charge in [0.15, 0.2) is 0 Å². The average Bonchev–Trinajstić information content (AvgIpc) is 2.77. The minimum atomic E-state index is 0.775. The van der Waals surface area contributed by atoms with Crippen LogP contribution >= 0.6 is 0 Å². The van der Waals surface area contributed by atoms with Crippen molar-refractivity contribution in [2.24, 2.45) is 22.9 Å². The summed E-state index contributed by atoms with van der Waals surface area (Å²) < 4.78 is 0. The lowest BCUT2D eigenvalue weighted by Gasteiger charge is -1.87. The molecular formula is C24H64N4. The van der Waals surface area contributed by atoms with Crippen LogP contribution in [0.15, 0.2) is 0 Å². The molecular weight excluding hydrogens is 344 g/mol. The summed E-state index contributed by atoms with van der Waals surface area (Å²) in [7, 11) is 0. The number of hydrogen-bond acceptors (Lipinski definition) is 4. The van der Waals surface area contributed by atoms with Gasteiger partial charge in [0.05, 0.1) is 0 Å². The van der Waals surface area contributed by atoms with Crippen molar-refractivity contribution in [1.29, 1.82) is 0 Å². The SMILES string of the molecule is CCCC.CCCC.CCCC.CCCC.NCCCCN.NCCCCN. The van der Waals surface area contributed by atoms with Crippen molar-refractivity contribution < 1.29 is 0 Å². The zero-order valence-corrected chi connectivity index (χ0v) is 21.6. The van der Waals surface area contributed by atoms with E-state index in [1.807, 2.05) is 0 Å². The fourth-order valence-corrected chi connectivity index (χ4v) is 0.577. The lowest BCUT2D eigenvalue weighted by atomic mass is 10.3. The van der Waals surface area contributed by atoms with E-state index in [1.165, 1.54) is 51.4 Å². The van der Waals surface area contributed by atoms with Gasteiger partial charge in [0, 0.05) is 0 Å². The Bertz CT molecular complexity index is 105. The molecule has 0 unspecified atom stereocenters. The van der Waals surface area contributed by atoms with Gasteiger partial charge in [-0.05, 0) is 51.9 Å². The van der Waals surface area contributed by atoms with Crippen LogP contribution in [0.5, 0.6) is 0 Å². The van der Waals surface area contributed by atoms with Crippen molar-refractivity contribution in [3.05, 3.63) is 0 Å². The second-order valence-corrected chi connectivity index (χ2v) is 6.57. The van der Waals surface area contributed by atoms with Crippen LogP contribution in [0.25, 0.3) is 0 Å². The molecule has 0 rings (SSSR count). The highest BCUT2D eigenvalue weighted by Gasteiger charge is 1.75. The lowest BCUT2D eigenvalue weighted by molar-refractivity contribution is 0.755. The molecule has 0 atom stereocenters. The second kappa shape index (κ2) is 71.4. The van der Waals surface area contributed by atoms with Crippen molar-refractivity contribution in [2.75, 3.05) is 26.2 Å². The van der Waals surface area contributed by atoms with Crippen LogP contribution in [0.4, 0.5) is 0 Å². The van der Waals surface area contributed by atoms with Gasteiger partial charge >= 0.3 is 0 Å². The molecule has 180 valence electrons. The van der Waals surface area contributed by atoms with E-state index in [9.17, 15) is 0 Å². The van der Waals surface area contributed by atoms with Gasteiger partial charge in [-0.25, -0.2) is 0 Å². The molecule has 0 saturated carbocycles. The monoisotopic (exact) mass is 409 g/mol. The molecule has 0 aromatic carbocycles. The minimum absolute atomic E-state index is 0.775. The predicted molar refractivity (Wildman–Crippen MR) is 137 cm³/mol. The molecule has 0 bridgehead atoms. The maximum absolute atomic E-state index is 5.16. The Hall–Kier alpha value is -0.160. The molecule has 28 heavy (non-hydrogen) atoms. The lowest BCUT2D eigenvalue weighted by Crippen LogP contribution is -2.03. The smallest absolute Gasteiger partial charge is 0.00768 e. The first-order chi connectivity index (χ1) is 13.5. The van der Waals surface area contributed by atoms with Crippen molar-refractivity contribution >= 4 is 0 Å². The van der Waals surface area contributed by atoms with Gasteiger partial charge in [-0.15, -0.1) is 0 Å². The van der Waals surface area contributed by atoms with Crippen molar-refractivity contribution in [3.8, 4) is 0 Å². The molecule has 0 aliphatic carbocycles. The molecule has 0 aliphatic rings. The van der Waals surface area contributed by atoms with E-state index in [-0.39, 0.29) is 0 Å². The number of unbranched alkanes of at least 4 members (excludes halogenated alkanes) is 6. The third kappa shape index (κ3) is 165. The Kier molecular flexibility index (Phi) is 107. The van der Waals surface area contributed by atoms with E-state index in [0.29, 0.717) is 0 Å². The van der Waals surface area contributed by atoms with Crippen molar-refractivity contribution in [2.45, 2.75) is 132 Å². The summed E-state index contributed by atoms with van der Waals surface area (Å²) in [6, 6.07) is 0. The van der Waals surface area contributed by atoms with E-state index in [2.05, 4.69) is 55.4 Å². The molecule has 0 radical (unpaired) electrons. The third-order valence-corrected chi connectivity index (χ3v) is 3.32. The van der Waals surface area contributed by atoms with Gasteiger partial charge in [-0.2, -0.15) is 0 Å². The Morgan fingerprint density at radius 1 is 0.286 bits per heavy atom. The van der Waals surface area contributed by atoms with E-state index in [4.69, 9.17) is 22.9 Å². The fraction of sp³-hybridized carbons (Fsp3) is 1.00. The normalized spacial score (nSPS) is 8.14. The zero-order chi connectivity index (χ0) is 23.3. The number of rotatable bonds is 10. The molecule has 8 N–H and O–H groups in total. The van der Waals surface area contributed by atoms with Gasteiger partial charge < -0.3 is 22.9 Å². The summed E-state index contributed by atoms with van der Waals surface area (Å²) in [4.78, 5) is 0. The Balaban J connectivity index is -0.0000000525. The summed E-state index contributed by atoms with van der Waals surface area (Å²) in [5.41, 5.74) is 20.6. The molecule has 4 heteroatoms. The first-order valence-electron chi connectivity index (χ1n) is 12.3. The molecule has 0 amide bonds. The van der Waals surface area contributed by atoms with Crippen LogP contribution < -0.4 is 22.9 Å². The second-order valence-electron chi connectivity index (χ2n) is 6.57. The van der Waals surface area contributed by atoms with Crippen LogP contribution in [0, 0.1) is 0 Å². The first-order valence-corrected chi connectivity index (χ1v) is 12.3. The maximum Gasteiger partial charge on any atom is -0.00768 e. The van der Waals surface area contributed by atoms with Crippen LogP contribution in [-0.4, -0.2) is 26.2 Å². The summed E-state index contributed by atoms with van der Waals surface area (Å²) in [5, 5.41) is 0. The molecule has 0 aliphatic heterocycles. The molecule has 4 nitrogen and oxygen atoms in total. The zero-order valence-electron chi connectivity index (χ0n) is 21.6. The highest BCUT2D eigenvalue weighted by Crippen LogP contribution is 1.79. The number of nitrogens with two attached hydrogens (primary N) is 4. The summed E-state index contributed by atoms with van der Waals surface area (Å²) in [6.45, 7) is 20.5. The van der Waals surface area contributed by atoms with Crippen LogP contribution in [-0.2, 0) is 0 Å². The van der Waals surface area contributed by atoms with Gasteiger partial charge in [-0.3, -0.25) is 0 Å². The summed E-state index contributed by atoms with van der Waals surface area (Å²) in [6.07, 6.45) is 14.8. The molecule has 0 aromatic rings. The van der Waals surface area contributed by atoms with Gasteiger partial charge in [-0.1, -0.05) is 107 Å². The highest BCUT2D eigenvalue weighted by molar-refractivity contribution is 4.38. The van der Waals surface area contributed by atoms with Crippen LogP contribution in [0.1, 0.15) is 132 Å². The molecule has 0 aromatic heterocycles. The van der Waals surface area contributed by atoms with Crippen LogP contribution in [0.2, 0.25) is 0 Å². The molecule has 0 fully saturated rings. The van der Waals surface area contributed by atoms with Gasteiger partial charge in [0.2, 0.25) is 0 Å². The topological polar surface area (TPSA) is 104 Å². The highest BCUT2D eigenvalue weighted by atomic mass is 14.5. The quantitative estimate of drug-likeness (QED) is 0.306. The first kappa shape index (κ1) is 42.0. The Morgan fingerprint density at radius 2 is 0.393 bits per heavy atom. The summed E-state index contributed by atoms with van der Waals surface area (Å²) >= 11 is 0. The van der Waals surface area contributed by atoms with Crippen molar-refractivity contribution in [1.82, 2.24) is 0 Å². The molecule has 0 saturated heterocycles. The number of hydrogen-bond donors (Lipinski definition) is 4. The summed E-state index contributed by atoms with van der Waals surface area (Å²) in [5.74, 6) is 0. The van der Waals surface area contributed by atoms with Crippen LogP contribution in [0.3, 0.4) is 0 Å². The standard InChI is InChI=1S/2C4H12N2.4C4H10/c2*5-3-1-2-4-6;4*1-3-4-2/h2*1-6H2;4*3-4H2,1-2H3. The van der Waals surface area contributed by atoms with Gasteiger partial charge in [0.1, 0.15) is 0 Å². The fourth-order valence-electron chi connectivity index (χ4n) is 0.577. The van der Waals surface area contributed by atoms with E-state index in [0.717, 1.165) is 51.9 Å². The van der Waals surface area contributed by atoms with E-state index < -0.39 is 0 Å². The van der Waals surface area contributed by atoms with Gasteiger partial charge in [0.25, 0.3) is 0 Å². The Morgan fingerprint density at radius 3 is 0.429 bits per heavy atom. The largest absolute Gasteiger partial charge is 0.330 e.